The highest BCUT2D eigenvalue weighted by atomic mass is 35.6. The minimum atomic E-state index is -1.73. The number of hydrazine groups is 1. The van der Waals surface area contributed by atoms with Crippen molar-refractivity contribution >= 4 is 58.5 Å². The molecule has 0 aromatic rings. The van der Waals surface area contributed by atoms with Crippen molar-refractivity contribution in [2.75, 3.05) is 13.2 Å². The number of carbonyl (C=O) groups excluding carboxylic acids is 4. The van der Waals surface area contributed by atoms with Crippen molar-refractivity contribution in [1.82, 2.24) is 21.1 Å². The van der Waals surface area contributed by atoms with Crippen molar-refractivity contribution < 1.29 is 23.9 Å². The van der Waals surface area contributed by atoms with Crippen LogP contribution in [0.2, 0.25) is 0 Å². The molecule has 0 bridgehead atoms. The van der Waals surface area contributed by atoms with Crippen LogP contribution in [-0.4, -0.2) is 63.8 Å². The molecule has 1 aliphatic heterocycles. The van der Waals surface area contributed by atoms with Gasteiger partial charge in [0.2, 0.25) is 15.6 Å². The van der Waals surface area contributed by atoms with Crippen molar-refractivity contribution in [3.63, 3.8) is 0 Å². The fourth-order valence-electron chi connectivity index (χ4n) is 4.29. The van der Waals surface area contributed by atoms with Gasteiger partial charge in [0, 0.05) is 13.0 Å². The quantitative estimate of drug-likeness (QED) is 0.230. The van der Waals surface area contributed by atoms with E-state index >= 15 is 0 Å². The van der Waals surface area contributed by atoms with Gasteiger partial charge in [-0.05, 0) is 45.4 Å². The van der Waals surface area contributed by atoms with Gasteiger partial charge in [-0.1, -0.05) is 66.2 Å². The molecule has 1 saturated heterocycles. The molecular formula is C23H35Cl3N4O5. The Hall–Kier alpha value is -1.55. The predicted octanol–water partition coefficient (Wildman–Crippen LogP) is 2.93. The van der Waals surface area contributed by atoms with Crippen LogP contribution < -0.4 is 16.1 Å². The summed E-state index contributed by atoms with van der Waals surface area (Å²) in [6, 6.07) is -2.35. The maximum Gasteiger partial charge on any atom is 0.325 e. The molecule has 3 atom stereocenters. The number of halogens is 3. The van der Waals surface area contributed by atoms with Gasteiger partial charge in [-0.3, -0.25) is 24.2 Å². The zero-order chi connectivity index (χ0) is 26.0. The molecular weight excluding hydrogens is 519 g/mol. The third-order valence-electron chi connectivity index (χ3n) is 6.10. The van der Waals surface area contributed by atoms with E-state index < -0.39 is 40.4 Å². The fraction of sp³-hybridized carbons (Fsp3) is 0.739. The number of hydrogen-bond donors (Lipinski definition) is 3. The van der Waals surface area contributed by atoms with Crippen LogP contribution in [0.25, 0.3) is 0 Å². The minimum absolute atomic E-state index is 0.0192. The highest BCUT2D eigenvalue weighted by molar-refractivity contribution is 6.67. The third-order valence-corrected chi connectivity index (χ3v) is 6.43. The molecule has 2 fully saturated rings. The van der Waals surface area contributed by atoms with Crippen LogP contribution in [0, 0.1) is 5.92 Å². The molecule has 3 N–H and O–H groups in total. The Kier molecular flexibility index (Phi) is 12.1. The van der Waals surface area contributed by atoms with Gasteiger partial charge < -0.3 is 15.4 Å². The third kappa shape index (κ3) is 10.1. The Morgan fingerprint density at radius 3 is 2.40 bits per heavy atom. The first-order valence-electron chi connectivity index (χ1n) is 12.0. The number of ether oxygens (including phenoxy) is 1. The van der Waals surface area contributed by atoms with Crippen LogP contribution >= 0.6 is 34.8 Å². The lowest BCUT2D eigenvalue weighted by Gasteiger charge is -2.35. The molecule has 1 saturated carbocycles. The van der Waals surface area contributed by atoms with E-state index in [2.05, 4.69) is 16.1 Å². The van der Waals surface area contributed by atoms with Gasteiger partial charge in [0.25, 0.3) is 5.91 Å². The summed E-state index contributed by atoms with van der Waals surface area (Å²) in [6.45, 7) is 3.36. The van der Waals surface area contributed by atoms with Crippen molar-refractivity contribution in [1.29, 1.82) is 0 Å². The highest BCUT2D eigenvalue weighted by Gasteiger charge is 2.35. The van der Waals surface area contributed by atoms with Crippen molar-refractivity contribution in [2.24, 2.45) is 5.92 Å². The largest absolute Gasteiger partial charge is 0.460 e. The van der Waals surface area contributed by atoms with Gasteiger partial charge in [0.05, 0.1) is 0 Å². The Balaban J connectivity index is 1.97. The Bertz CT molecular complexity index is 784. The maximum absolute atomic E-state index is 13.2. The van der Waals surface area contributed by atoms with E-state index in [1.807, 2.05) is 6.92 Å². The van der Waals surface area contributed by atoms with E-state index in [9.17, 15) is 19.2 Å². The van der Waals surface area contributed by atoms with Gasteiger partial charge in [0.1, 0.15) is 24.7 Å². The normalized spacial score (nSPS) is 21.3. The van der Waals surface area contributed by atoms with Crippen LogP contribution in [0.5, 0.6) is 0 Å². The van der Waals surface area contributed by atoms with E-state index in [-0.39, 0.29) is 24.2 Å². The molecule has 1 heterocycles. The Morgan fingerprint density at radius 2 is 1.77 bits per heavy atom. The number of hydrogen-bond acceptors (Lipinski definition) is 6. The minimum Gasteiger partial charge on any atom is -0.460 e. The van der Waals surface area contributed by atoms with Crippen LogP contribution in [0.3, 0.4) is 0 Å². The first-order chi connectivity index (χ1) is 16.5. The summed E-state index contributed by atoms with van der Waals surface area (Å²) >= 11 is 16.9. The average molecular weight is 554 g/mol. The summed E-state index contributed by atoms with van der Waals surface area (Å²) < 4.78 is 3.29. The number of carbonyl (C=O) groups is 4. The molecule has 12 heteroatoms. The molecule has 0 aromatic carbocycles. The molecule has 0 spiro atoms. The maximum atomic E-state index is 13.2. The van der Waals surface area contributed by atoms with Crippen LogP contribution in [0.15, 0.2) is 12.2 Å². The summed E-state index contributed by atoms with van der Waals surface area (Å²) in [6.07, 6.45) is 9.50. The lowest BCUT2D eigenvalue weighted by Crippen LogP contribution is -2.61. The zero-order valence-electron chi connectivity index (χ0n) is 20.2. The molecule has 2 aliphatic rings. The fourth-order valence-corrected chi connectivity index (χ4v) is 4.45. The van der Waals surface area contributed by atoms with Gasteiger partial charge in [-0.2, -0.15) is 0 Å². The van der Waals surface area contributed by atoms with Crippen molar-refractivity contribution in [3.8, 4) is 0 Å². The first kappa shape index (κ1) is 29.7. The number of allylic oxidation sites excluding steroid dienone is 1. The molecule has 2 rings (SSSR count). The van der Waals surface area contributed by atoms with Crippen LogP contribution in [0.4, 0.5) is 0 Å². The molecule has 0 aromatic heterocycles. The van der Waals surface area contributed by atoms with Crippen LogP contribution in [0.1, 0.15) is 65.2 Å². The number of alkyl halides is 3. The molecule has 198 valence electrons. The summed E-state index contributed by atoms with van der Waals surface area (Å²) in [5.41, 5.74) is 2.84. The topological polar surface area (TPSA) is 117 Å². The second-order valence-corrected chi connectivity index (χ2v) is 11.5. The number of nitrogens with zero attached hydrogens (tertiary/aromatic N) is 1. The monoisotopic (exact) mass is 552 g/mol. The molecule has 35 heavy (non-hydrogen) atoms. The number of esters is 1. The first-order valence-corrected chi connectivity index (χ1v) is 13.2. The average Bonchev–Trinajstić information content (AvgIpc) is 2.84. The molecule has 1 aliphatic carbocycles. The molecule has 9 nitrogen and oxygen atoms in total. The molecule has 1 unspecified atom stereocenters. The molecule has 3 amide bonds. The van der Waals surface area contributed by atoms with E-state index in [1.54, 1.807) is 19.1 Å². The van der Waals surface area contributed by atoms with E-state index in [0.717, 1.165) is 32.1 Å². The van der Waals surface area contributed by atoms with Gasteiger partial charge >= 0.3 is 5.97 Å². The number of amides is 3. The van der Waals surface area contributed by atoms with Crippen molar-refractivity contribution in [3.05, 3.63) is 12.2 Å². The summed E-state index contributed by atoms with van der Waals surface area (Å²) in [4.78, 5) is 50.8. The second kappa shape index (κ2) is 14.3. The van der Waals surface area contributed by atoms with E-state index in [1.165, 1.54) is 5.01 Å². The Labute approximate surface area is 221 Å². The lowest BCUT2D eigenvalue weighted by molar-refractivity contribution is -0.152. The SMILES string of the molecule is CC=CCC(=O)NC(C(=O)N[C@@H](C)C(=O)N1CCC[C@@H](C(=O)OCC(Cl)(Cl)Cl)N1)C1CCCCC1. The van der Waals surface area contributed by atoms with Crippen LogP contribution in [-0.2, 0) is 23.9 Å². The van der Waals surface area contributed by atoms with Gasteiger partial charge in [0.15, 0.2) is 0 Å². The van der Waals surface area contributed by atoms with E-state index in [0.29, 0.717) is 19.4 Å². The standard InChI is InChI=1S/C23H35Cl3N4O5/c1-3-4-12-18(31)28-19(16-9-6-5-7-10-16)20(32)27-15(2)21(33)30-13-8-11-17(29-30)22(34)35-14-23(24,25)26/h3-4,15-17,19,29H,5-14H2,1-2H3,(H,27,32)(H,28,31)/t15-,17-,19?/m0/s1. The lowest BCUT2D eigenvalue weighted by atomic mass is 9.83. The van der Waals surface area contributed by atoms with Crippen molar-refractivity contribution in [2.45, 2.75) is 87.1 Å². The summed E-state index contributed by atoms with van der Waals surface area (Å²) in [5, 5.41) is 6.91. The van der Waals surface area contributed by atoms with Gasteiger partial charge in [-0.15, -0.1) is 0 Å². The summed E-state index contributed by atoms with van der Waals surface area (Å²) in [7, 11) is 0. The smallest absolute Gasteiger partial charge is 0.325 e. The predicted molar refractivity (Wildman–Crippen MR) is 135 cm³/mol. The number of nitrogens with one attached hydrogen (secondary N) is 3. The molecule has 0 radical (unpaired) electrons. The number of rotatable bonds is 9. The van der Waals surface area contributed by atoms with Gasteiger partial charge in [-0.25, -0.2) is 5.43 Å². The van der Waals surface area contributed by atoms with E-state index in [4.69, 9.17) is 39.5 Å². The second-order valence-electron chi connectivity index (χ2n) is 8.98. The Morgan fingerprint density at radius 1 is 1.09 bits per heavy atom. The summed E-state index contributed by atoms with van der Waals surface area (Å²) in [5.74, 6) is -1.64. The highest BCUT2D eigenvalue weighted by Crippen LogP contribution is 2.27. The zero-order valence-corrected chi connectivity index (χ0v) is 22.4.